The summed E-state index contributed by atoms with van der Waals surface area (Å²) in [5.74, 6) is 0.843. The van der Waals surface area contributed by atoms with E-state index in [1.54, 1.807) is 4.90 Å². The highest BCUT2D eigenvalue weighted by molar-refractivity contribution is 6.02. The highest BCUT2D eigenvalue weighted by Gasteiger charge is 2.25. The fraction of sp³-hybridized carbons (Fsp3) is 0.300. The second-order valence-electron chi connectivity index (χ2n) is 6.80. The third-order valence-corrected chi connectivity index (χ3v) is 5.08. The van der Waals surface area contributed by atoms with Crippen LogP contribution in [0.5, 0.6) is 0 Å². The number of carbonyl (C=O) groups is 1. The van der Waals surface area contributed by atoms with Gasteiger partial charge in [0.2, 0.25) is 0 Å². The molecule has 0 aliphatic carbocycles. The van der Waals surface area contributed by atoms with Crippen molar-refractivity contribution < 1.29 is 4.79 Å². The Balaban J connectivity index is 1.63. The van der Waals surface area contributed by atoms with Crippen LogP contribution in [-0.2, 0) is 13.6 Å². The average Bonchev–Trinajstić information content (AvgIpc) is 3.24. The lowest BCUT2D eigenvalue weighted by atomic mass is 10.1. The lowest BCUT2D eigenvalue weighted by Crippen LogP contribution is -2.40. The van der Waals surface area contributed by atoms with Crippen molar-refractivity contribution in [2.75, 3.05) is 16.8 Å². The van der Waals surface area contributed by atoms with Gasteiger partial charge in [0.25, 0.3) is 0 Å². The normalized spacial score (nSPS) is 13.6. The van der Waals surface area contributed by atoms with Crippen molar-refractivity contribution in [2.45, 2.75) is 26.8 Å². The first kappa shape index (κ1) is 16.4. The third kappa shape index (κ3) is 2.77. The minimum atomic E-state index is -0.113. The molecular formula is C20H23N5O. The molecule has 0 saturated carbocycles. The Labute approximate surface area is 153 Å². The van der Waals surface area contributed by atoms with Gasteiger partial charge >= 0.3 is 6.03 Å². The molecule has 1 aliphatic heterocycles. The zero-order valence-electron chi connectivity index (χ0n) is 15.4. The molecule has 0 unspecified atom stereocenters. The summed E-state index contributed by atoms with van der Waals surface area (Å²) in [7, 11) is 2.00. The standard InChI is InChI=1S/C20H23N5O/c1-14-7-4-8-16(15(14)2)21-20(26)24-11-6-12-25-19(24)13-17(22-25)18-9-5-10-23(18)3/h4-5,7-10,13H,6,11-12H2,1-3H3,(H,21,26). The van der Waals surface area contributed by atoms with Crippen molar-refractivity contribution >= 4 is 17.5 Å². The summed E-state index contributed by atoms with van der Waals surface area (Å²) >= 11 is 0. The maximum absolute atomic E-state index is 12.9. The number of anilines is 2. The number of benzene rings is 1. The van der Waals surface area contributed by atoms with Crippen LogP contribution in [0.4, 0.5) is 16.3 Å². The molecule has 0 atom stereocenters. The quantitative estimate of drug-likeness (QED) is 0.762. The first-order valence-corrected chi connectivity index (χ1v) is 8.89. The van der Waals surface area contributed by atoms with Crippen LogP contribution in [0.1, 0.15) is 17.5 Å². The number of rotatable bonds is 2. The van der Waals surface area contributed by atoms with E-state index in [0.717, 1.165) is 47.0 Å². The molecule has 0 fully saturated rings. The van der Waals surface area contributed by atoms with E-state index in [0.29, 0.717) is 6.54 Å². The summed E-state index contributed by atoms with van der Waals surface area (Å²) in [6.07, 6.45) is 2.89. The number of aryl methyl sites for hydroxylation is 3. The Hall–Kier alpha value is -3.02. The molecule has 134 valence electrons. The van der Waals surface area contributed by atoms with E-state index in [-0.39, 0.29) is 6.03 Å². The Morgan fingerprint density at radius 1 is 1.15 bits per heavy atom. The number of amides is 2. The van der Waals surface area contributed by atoms with Crippen LogP contribution >= 0.6 is 0 Å². The lowest BCUT2D eigenvalue weighted by molar-refractivity contribution is 0.255. The molecule has 4 rings (SSSR count). The number of nitrogens with zero attached hydrogens (tertiary/aromatic N) is 4. The molecule has 0 radical (unpaired) electrons. The smallest absolute Gasteiger partial charge is 0.327 e. The van der Waals surface area contributed by atoms with Gasteiger partial charge in [0, 0.05) is 38.1 Å². The summed E-state index contributed by atoms with van der Waals surface area (Å²) in [6, 6.07) is 11.9. The maximum atomic E-state index is 12.9. The second kappa shape index (κ2) is 6.37. The molecule has 1 N–H and O–H groups in total. The molecule has 3 aromatic rings. The molecule has 2 aromatic heterocycles. The molecule has 6 nitrogen and oxygen atoms in total. The lowest BCUT2D eigenvalue weighted by Gasteiger charge is -2.28. The van der Waals surface area contributed by atoms with Crippen molar-refractivity contribution in [3.8, 4) is 11.4 Å². The Bertz CT molecular complexity index is 968. The predicted octanol–water partition coefficient (Wildman–Crippen LogP) is 3.95. The summed E-state index contributed by atoms with van der Waals surface area (Å²) in [5.41, 5.74) is 5.04. The van der Waals surface area contributed by atoms with Crippen molar-refractivity contribution in [3.05, 3.63) is 53.7 Å². The van der Waals surface area contributed by atoms with Crippen LogP contribution < -0.4 is 10.2 Å². The molecule has 3 heterocycles. The summed E-state index contributed by atoms with van der Waals surface area (Å²) < 4.78 is 3.96. The SMILES string of the molecule is Cc1cccc(NC(=O)N2CCCn3nc(-c4cccn4C)cc32)c1C. The maximum Gasteiger partial charge on any atom is 0.327 e. The van der Waals surface area contributed by atoms with Crippen LogP contribution in [0.3, 0.4) is 0 Å². The van der Waals surface area contributed by atoms with Crippen LogP contribution in [0.2, 0.25) is 0 Å². The van der Waals surface area contributed by atoms with Crippen molar-refractivity contribution in [1.29, 1.82) is 0 Å². The van der Waals surface area contributed by atoms with Crippen LogP contribution in [-0.4, -0.2) is 26.9 Å². The van der Waals surface area contributed by atoms with Crippen LogP contribution in [0.15, 0.2) is 42.6 Å². The van der Waals surface area contributed by atoms with E-state index in [4.69, 9.17) is 5.10 Å². The number of hydrogen-bond acceptors (Lipinski definition) is 2. The molecule has 6 heteroatoms. The summed E-state index contributed by atoms with van der Waals surface area (Å²) in [4.78, 5) is 14.7. The minimum Gasteiger partial charge on any atom is -0.349 e. The molecule has 2 amide bonds. The molecule has 26 heavy (non-hydrogen) atoms. The molecule has 0 spiro atoms. The largest absolute Gasteiger partial charge is 0.349 e. The fourth-order valence-electron chi connectivity index (χ4n) is 3.41. The Kier molecular flexibility index (Phi) is 4.03. The number of aromatic nitrogens is 3. The number of fused-ring (bicyclic) bond motifs is 1. The van der Waals surface area contributed by atoms with Crippen LogP contribution in [0, 0.1) is 13.8 Å². The summed E-state index contributed by atoms with van der Waals surface area (Å²) in [6.45, 7) is 5.59. The Morgan fingerprint density at radius 2 is 2.00 bits per heavy atom. The van der Waals surface area contributed by atoms with E-state index >= 15 is 0 Å². The van der Waals surface area contributed by atoms with E-state index in [2.05, 4.69) is 5.32 Å². The van der Waals surface area contributed by atoms with Gasteiger partial charge in [0.1, 0.15) is 11.5 Å². The van der Waals surface area contributed by atoms with Gasteiger partial charge in [0.05, 0.1) is 5.69 Å². The molecule has 0 saturated heterocycles. The highest BCUT2D eigenvalue weighted by Crippen LogP contribution is 2.28. The van der Waals surface area contributed by atoms with Gasteiger partial charge in [-0.1, -0.05) is 12.1 Å². The van der Waals surface area contributed by atoms with E-state index in [9.17, 15) is 4.79 Å². The Morgan fingerprint density at radius 3 is 2.77 bits per heavy atom. The highest BCUT2D eigenvalue weighted by atomic mass is 16.2. The number of nitrogens with one attached hydrogen (secondary N) is 1. The number of hydrogen-bond donors (Lipinski definition) is 1. The number of carbonyl (C=O) groups excluding carboxylic acids is 1. The average molecular weight is 349 g/mol. The third-order valence-electron chi connectivity index (χ3n) is 5.08. The van der Waals surface area contributed by atoms with E-state index < -0.39 is 0 Å². The zero-order chi connectivity index (χ0) is 18.3. The summed E-state index contributed by atoms with van der Waals surface area (Å²) in [5, 5.41) is 7.76. The molecule has 0 bridgehead atoms. The first-order valence-electron chi connectivity index (χ1n) is 8.89. The predicted molar refractivity (Wildman–Crippen MR) is 104 cm³/mol. The topological polar surface area (TPSA) is 55.1 Å². The fourth-order valence-corrected chi connectivity index (χ4v) is 3.41. The minimum absolute atomic E-state index is 0.113. The van der Waals surface area contributed by atoms with Gasteiger partial charge in [-0.25, -0.2) is 9.48 Å². The monoisotopic (exact) mass is 349 g/mol. The van der Waals surface area contributed by atoms with Crippen LogP contribution in [0.25, 0.3) is 11.4 Å². The first-order chi connectivity index (χ1) is 12.5. The van der Waals surface area contributed by atoms with Crippen molar-refractivity contribution in [1.82, 2.24) is 14.3 Å². The van der Waals surface area contributed by atoms with Gasteiger partial charge in [-0.2, -0.15) is 5.10 Å². The van der Waals surface area contributed by atoms with Gasteiger partial charge in [-0.15, -0.1) is 0 Å². The van der Waals surface area contributed by atoms with E-state index in [1.807, 2.05) is 72.7 Å². The van der Waals surface area contributed by atoms with Crippen molar-refractivity contribution in [2.24, 2.45) is 7.05 Å². The molecule has 1 aromatic carbocycles. The zero-order valence-corrected chi connectivity index (χ0v) is 15.4. The van der Waals surface area contributed by atoms with Gasteiger partial charge < -0.3 is 9.88 Å². The van der Waals surface area contributed by atoms with Crippen molar-refractivity contribution in [3.63, 3.8) is 0 Å². The van der Waals surface area contributed by atoms with E-state index in [1.165, 1.54) is 0 Å². The van der Waals surface area contributed by atoms with Gasteiger partial charge in [-0.05, 0) is 49.6 Å². The second-order valence-corrected chi connectivity index (χ2v) is 6.80. The van der Waals surface area contributed by atoms with Gasteiger partial charge in [0.15, 0.2) is 0 Å². The molecular weight excluding hydrogens is 326 g/mol. The number of urea groups is 1. The molecule has 1 aliphatic rings. The van der Waals surface area contributed by atoms with Gasteiger partial charge in [-0.3, -0.25) is 4.90 Å².